The summed E-state index contributed by atoms with van der Waals surface area (Å²) in [4.78, 5) is 0. The summed E-state index contributed by atoms with van der Waals surface area (Å²) in [6.45, 7) is 4.36. The molecule has 5 rings (SSSR count). The van der Waals surface area contributed by atoms with Crippen molar-refractivity contribution in [3.8, 4) is 0 Å². The van der Waals surface area contributed by atoms with E-state index in [4.69, 9.17) is 4.74 Å². The summed E-state index contributed by atoms with van der Waals surface area (Å²) in [5, 5.41) is 5.28. The predicted molar refractivity (Wildman–Crippen MR) is 86.4 cm³/mol. The molecule has 3 aromatic carbocycles. The van der Waals surface area contributed by atoms with Crippen molar-refractivity contribution in [2.45, 2.75) is 25.0 Å². The highest BCUT2D eigenvalue weighted by Gasteiger charge is 2.52. The fraction of sp³-hybridized carbons (Fsp3) is 0.200. The zero-order valence-electron chi connectivity index (χ0n) is 12.2. The minimum Gasteiger partial charge on any atom is -0.351 e. The van der Waals surface area contributed by atoms with Crippen molar-refractivity contribution in [1.29, 1.82) is 0 Å². The molecule has 0 saturated carbocycles. The second kappa shape index (κ2) is 3.37. The maximum absolute atomic E-state index is 6.42. The van der Waals surface area contributed by atoms with Gasteiger partial charge in [-0.05, 0) is 47.5 Å². The molecule has 2 aliphatic heterocycles. The van der Waals surface area contributed by atoms with E-state index in [0.717, 1.165) is 0 Å². The van der Waals surface area contributed by atoms with E-state index in [1.54, 1.807) is 0 Å². The summed E-state index contributed by atoms with van der Waals surface area (Å²) in [6, 6.07) is 17.4. The SMILES string of the molecule is CC12C=CC(C)(O1)c1c2c2ccccc2c2ccccc12. The highest BCUT2D eigenvalue weighted by Crippen LogP contribution is 2.57. The van der Waals surface area contributed by atoms with Crippen LogP contribution >= 0.6 is 0 Å². The van der Waals surface area contributed by atoms with E-state index < -0.39 is 0 Å². The second-order valence-electron chi connectivity index (χ2n) is 6.49. The quantitative estimate of drug-likeness (QED) is 0.412. The fourth-order valence-electron chi connectivity index (χ4n) is 4.27. The van der Waals surface area contributed by atoms with E-state index >= 15 is 0 Å². The Morgan fingerprint density at radius 2 is 1.00 bits per heavy atom. The van der Waals surface area contributed by atoms with Crippen molar-refractivity contribution in [3.05, 3.63) is 71.8 Å². The first-order valence-corrected chi connectivity index (χ1v) is 7.47. The summed E-state index contributed by atoms with van der Waals surface area (Å²) >= 11 is 0. The Morgan fingerprint density at radius 3 is 1.43 bits per heavy atom. The standard InChI is InChI=1S/C20H16O/c1-19-11-12-20(2,21-19)18-16-10-6-4-8-14(16)13-7-3-5-9-15(13)17(18)19/h3-12H,1-2H3. The van der Waals surface area contributed by atoms with Crippen molar-refractivity contribution >= 4 is 21.5 Å². The molecule has 2 aliphatic rings. The summed E-state index contributed by atoms with van der Waals surface area (Å²) < 4.78 is 6.42. The van der Waals surface area contributed by atoms with E-state index in [1.165, 1.54) is 32.7 Å². The van der Waals surface area contributed by atoms with E-state index in [2.05, 4.69) is 74.5 Å². The molecule has 0 radical (unpaired) electrons. The first-order chi connectivity index (χ1) is 10.1. The molecule has 2 bridgehead atoms. The van der Waals surface area contributed by atoms with E-state index in [0.29, 0.717) is 0 Å². The molecule has 0 aliphatic carbocycles. The first-order valence-electron chi connectivity index (χ1n) is 7.47. The van der Waals surface area contributed by atoms with Crippen LogP contribution < -0.4 is 0 Å². The minimum absolute atomic E-state index is 0.298. The molecule has 0 fully saturated rings. The summed E-state index contributed by atoms with van der Waals surface area (Å²) in [6.07, 6.45) is 4.44. The molecule has 0 amide bonds. The summed E-state index contributed by atoms with van der Waals surface area (Å²) in [7, 11) is 0. The highest BCUT2D eigenvalue weighted by molar-refractivity contribution is 6.12. The molecule has 21 heavy (non-hydrogen) atoms. The molecule has 0 N–H and O–H groups in total. The molecular weight excluding hydrogens is 256 g/mol. The van der Waals surface area contributed by atoms with Gasteiger partial charge < -0.3 is 4.74 Å². The lowest BCUT2D eigenvalue weighted by Gasteiger charge is -2.22. The average molecular weight is 272 g/mol. The second-order valence-corrected chi connectivity index (χ2v) is 6.49. The van der Waals surface area contributed by atoms with Crippen molar-refractivity contribution in [1.82, 2.24) is 0 Å². The van der Waals surface area contributed by atoms with Gasteiger partial charge in [-0.1, -0.05) is 48.5 Å². The lowest BCUT2D eigenvalue weighted by atomic mass is 9.77. The van der Waals surface area contributed by atoms with Crippen LogP contribution in [0, 0.1) is 0 Å². The molecule has 3 aromatic rings. The van der Waals surface area contributed by atoms with Crippen LogP contribution in [0.1, 0.15) is 25.0 Å². The van der Waals surface area contributed by atoms with Crippen molar-refractivity contribution in [3.63, 3.8) is 0 Å². The van der Waals surface area contributed by atoms with Crippen LogP contribution in [-0.4, -0.2) is 0 Å². The normalized spacial score (nSPS) is 29.4. The third-order valence-electron chi connectivity index (χ3n) is 5.07. The van der Waals surface area contributed by atoms with Gasteiger partial charge in [-0.2, -0.15) is 0 Å². The highest BCUT2D eigenvalue weighted by atomic mass is 16.5. The molecule has 2 unspecified atom stereocenters. The topological polar surface area (TPSA) is 9.23 Å². The number of ether oxygens (including phenoxy) is 1. The van der Waals surface area contributed by atoms with Gasteiger partial charge in [0.05, 0.1) is 0 Å². The molecule has 0 saturated heterocycles. The Bertz CT molecular complexity index is 876. The van der Waals surface area contributed by atoms with Crippen LogP contribution in [-0.2, 0) is 15.9 Å². The van der Waals surface area contributed by atoms with Crippen LogP contribution in [0.5, 0.6) is 0 Å². The molecular formula is C20H16O. The Labute approximate surface area is 123 Å². The Kier molecular flexibility index (Phi) is 1.85. The van der Waals surface area contributed by atoms with Gasteiger partial charge in [0.25, 0.3) is 0 Å². The lowest BCUT2D eigenvalue weighted by Crippen LogP contribution is -2.17. The number of hydrogen-bond acceptors (Lipinski definition) is 1. The zero-order valence-corrected chi connectivity index (χ0v) is 12.2. The molecule has 1 heteroatoms. The molecule has 2 atom stereocenters. The van der Waals surface area contributed by atoms with Crippen LogP contribution in [0.15, 0.2) is 60.7 Å². The van der Waals surface area contributed by atoms with Crippen molar-refractivity contribution < 1.29 is 4.74 Å². The van der Waals surface area contributed by atoms with Gasteiger partial charge in [0.1, 0.15) is 11.2 Å². The zero-order chi connectivity index (χ0) is 14.2. The maximum atomic E-state index is 6.42. The van der Waals surface area contributed by atoms with Crippen LogP contribution in [0.2, 0.25) is 0 Å². The fourth-order valence-corrected chi connectivity index (χ4v) is 4.27. The molecule has 102 valence electrons. The van der Waals surface area contributed by atoms with E-state index in [-0.39, 0.29) is 11.2 Å². The Morgan fingerprint density at radius 1 is 0.619 bits per heavy atom. The number of fused-ring (bicyclic) bond motifs is 10. The largest absolute Gasteiger partial charge is 0.351 e. The number of benzene rings is 3. The van der Waals surface area contributed by atoms with Gasteiger partial charge in [0.2, 0.25) is 0 Å². The van der Waals surface area contributed by atoms with E-state index in [9.17, 15) is 0 Å². The van der Waals surface area contributed by atoms with Crippen LogP contribution in [0.3, 0.4) is 0 Å². The Hall–Kier alpha value is -2.12. The third-order valence-corrected chi connectivity index (χ3v) is 5.07. The summed E-state index contributed by atoms with van der Waals surface area (Å²) in [5.41, 5.74) is 2.10. The van der Waals surface area contributed by atoms with Gasteiger partial charge in [-0.25, -0.2) is 0 Å². The van der Waals surface area contributed by atoms with E-state index in [1.807, 2.05) is 0 Å². The number of hydrogen-bond donors (Lipinski definition) is 0. The average Bonchev–Trinajstić information content (AvgIpc) is 2.95. The third kappa shape index (κ3) is 1.22. The first kappa shape index (κ1) is 11.5. The van der Waals surface area contributed by atoms with Crippen LogP contribution in [0.4, 0.5) is 0 Å². The number of rotatable bonds is 0. The molecule has 0 aromatic heterocycles. The maximum Gasteiger partial charge on any atom is 0.111 e. The predicted octanol–water partition coefficient (Wildman–Crippen LogP) is 5.02. The minimum atomic E-state index is -0.298. The van der Waals surface area contributed by atoms with Gasteiger partial charge >= 0.3 is 0 Å². The monoisotopic (exact) mass is 272 g/mol. The lowest BCUT2D eigenvalue weighted by molar-refractivity contribution is -0.0486. The Balaban J connectivity index is 2.13. The molecule has 2 heterocycles. The molecule has 0 spiro atoms. The van der Waals surface area contributed by atoms with Gasteiger partial charge in [-0.3, -0.25) is 0 Å². The summed E-state index contributed by atoms with van der Waals surface area (Å²) in [5.74, 6) is 0. The smallest absolute Gasteiger partial charge is 0.111 e. The van der Waals surface area contributed by atoms with Crippen LogP contribution in [0.25, 0.3) is 21.5 Å². The van der Waals surface area contributed by atoms with Gasteiger partial charge in [0, 0.05) is 11.1 Å². The van der Waals surface area contributed by atoms with Gasteiger partial charge in [-0.15, -0.1) is 0 Å². The van der Waals surface area contributed by atoms with Crippen molar-refractivity contribution in [2.75, 3.05) is 0 Å². The van der Waals surface area contributed by atoms with Gasteiger partial charge in [0.15, 0.2) is 0 Å². The molecule has 1 nitrogen and oxygen atoms in total. The van der Waals surface area contributed by atoms with Crippen molar-refractivity contribution in [2.24, 2.45) is 0 Å².